The molecule has 0 amide bonds. The van der Waals surface area contributed by atoms with Crippen LogP contribution in [0.4, 0.5) is 5.95 Å². The molecule has 4 rings (SSSR count). The molecule has 0 spiro atoms. The summed E-state index contributed by atoms with van der Waals surface area (Å²) in [6.07, 6.45) is 5.57. The standard InChI is InChI=1S/C23H22N6O2/c1-27-20-19(21(30)28(2)23(27)31)29(15-9-14-17-10-5-3-6-11-17)22(25-20)26-24-16-18-12-7-4-8-13-18/h3-14,16H,15H2,1-2H3,(H,25,26)/b14-9+,24-16-. The molecule has 156 valence electrons. The van der Waals surface area contributed by atoms with Gasteiger partial charge in [0, 0.05) is 20.6 Å². The van der Waals surface area contributed by atoms with Crippen LogP contribution in [0.1, 0.15) is 11.1 Å². The van der Waals surface area contributed by atoms with Crippen molar-refractivity contribution in [3.8, 4) is 0 Å². The minimum atomic E-state index is -0.429. The van der Waals surface area contributed by atoms with Gasteiger partial charge in [0.05, 0.1) is 6.21 Å². The van der Waals surface area contributed by atoms with Crippen molar-refractivity contribution in [2.45, 2.75) is 6.54 Å². The Bertz CT molecular complexity index is 1380. The summed E-state index contributed by atoms with van der Waals surface area (Å²) in [6, 6.07) is 19.5. The molecule has 2 heterocycles. The van der Waals surface area contributed by atoms with Crippen molar-refractivity contribution in [3.05, 3.63) is 98.7 Å². The summed E-state index contributed by atoms with van der Waals surface area (Å²) in [5.41, 5.74) is 4.69. The van der Waals surface area contributed by atoms with Crippen LogP contribution in [-0.2, 0) is 20.6 Å². The van der Waals surface area contributed by atoms with Crippen molar-refractivity contribution in [2.75, 3.05) is 5.43 Å². The SMILES string of the molecule is Cn1c(=O)c2c(nc(N/N=C\c3ccccc3)n2C/C=C/c2ccccc2)n(C)c1=O. The van der Waals surface area contributed by atoms with E-state index in [9.17, 15) is 9.59 Å². The van der Waals surface area contributed by atoms with Gasteiger partial charge < -0.3 is 0 Å². The molecule has 8 nitrogen and oxygen atoms in total. The number of hydrogen-bond acceptors (Lipinski definition) is 5. The number of fused-ring (bicyclic) bond motifs is 1. The lowest BCUT2D eigenvalue weighted by Crippen LogP contribution is -2.37. The molecule has 0 unspecified atom stereocenters. The highest BCUT2D eigenvalue weighted by atomic mass is 16.2. The molecule has 0 saturated carbocycles. The third-order valence-corrected chi connectivity index (χ3v) is 4.92. The molecule has 0 bridgehead atoms. The quantitative estimate of drug-likeness (QED) is 0.388. The Labute approximate surface area is 178 Å². The molecule has 0 aliphatic carbocycles. The van der Waals surface area contributed by atoms with Crippen molar-refractivity contribution < 1.29 is 0 Å². The summed E-state index contributed by atoms with van der Waals surface area (Å²) >= 11 is 0. The number of aryl methyl sites for hydroxylation is 1. The third-order valence-electron chi connectivity index (χ3n) is 4.92. The number of nitrogens with zero attached hydrogens (tertiary/aromatic N) is 5. The number of aromatic nitrogens is 4. The van der Waals surface area contributed by atoms with E-state index in [1.54, 1.807) is 17.8 Å². The van der Waals surface area contributed by atoms with Crippen molar-refractivity contribution in [1.82, 2.24) is 18.7 Å². The van der Waals surface area contributed by atoms with Crippen LogP contribution >= 0.6 is 0 Å². The summed E-state index contributed by atoms with van der Waals surface area (Å²) in [7, 11) is 3.06. The first-order valence-corrected chi connectivity index (χ1v) is 9.78. The van der Waals surface area contributed by atoms with E-state index in [-0.39, 0.29) is 0 Å². The maximum atomic E-state index is 12.9. The second-order valence-electron chi connectivity index (χ2n) is 7.02. The average Bonchev–Trinajstić information content (AvgIpc) is 3.16. The maximum absolute atomic E-state index is 12.9. The van der Waals surface area contributed by atoms with Gasteiger partial charge in [0.1, 0.15) is 0 Å². The Morgan fingerprint density at radius 3 is 2.26 bits per heavy atom. The molecule has 0 radical (unpaired) electrons. The van der Waals surface area contributed by atoms with Crippen LogP contribution in [0.15, 0.2) is 81.4 Å². The van der Waals surface area contributed by atoms with E-state index < -0.39 is 11.2 Å². The zero-order chi connectivity index (χ0) is 21.8. The summed E-state index contributed by atoms with van der Waals surface area (Å²) in [6.45, 7) is 0.377. The van der Waals surface area contributed by atoms with Gasteiger partial charge in [-0.15, -0.1) is 0 Å². The van der Waals surface area contributed by atoms with Crippen LogP contribution < -0.4 is 16.7 Å². The number of hydrazone groups is 1. The zero-order valence-corrected chi connectivity index (χ0v) is 17.3. The highest BCUT2D eigenvalue weighted by Crippen LogP contribution is 2.16. The topological polar surface area (TPSA) is 86.2 Å². The van der Waals surface area contributed by atoms with Gasteiger partial charge in [-0.3, -0.25) is 18.5 Å². The number of benzene rings is 2. The highest BCUT2D eigenvalue weighted by molar-refractivity contribution is 5.80. The molecule has 1 N–H and O–H groups in total. The monoisotopic (exact) mass is 414 g/mol. The van der Waals surface area contributed by atoms with Crippen LogP contribution in [0.25, 0.3) is 17.2 Å². The van der Waals surface area contributed by atoms with Crippen LogP contribution in [0.5, 0.6) is 0 Å². The van der Waals surface area contributed by atoms with Gasteiger partial charge in [-0.2, -0.15) is 10.1 Å². The van der Waals surface area contributed by atoms with E-state index in [4.69, 9.17) is 0 Å². The Kier molecular flexibility index (Phi) is 5.61. The lowest BCUT2D eigenvalue weighted by Gasteiger charge is -2.06. The first-order valence-electron chi connectivity index (χ1n) is 9.78. The summed E-state index contributed by atoms with van der Waals surface area (Å²) in [5.74, 6) is 0.373. The second kappa shape index (κ2) is 8.66. The number of imidazole rings is 1. The summed E-state index contributed by atoms with van der Waals surface area (Å²) in [5, 5.41) is 4.26. The predicted octanol–water partition coefficient (Wildman–Crippen LogP) is 2.59. The Morgan fingerprint density at radius 2 is 1.58 bits per heavy atom. The van der Waals surface area contributed by atoms with Crippen molar-refractivity contribution in [2.24, 2.45) is 19.2 Å². The fourth-order valence-electron chi connectivity index (χ4n) is 3.27. The molecule has 8 heteroatoms. The Hall–Kier alpha value is -4.20. The second-order valence-corrected chi connectivity index (χ2v) is 7.02. The maximum Gasteiger partial charge on any atom is 0.332 e. The Balaban J connectivity index is 1.75. The molecule has 0 atom stereocenters. The molecule has 2 aromatic heterocycles. The van der Waals surface area contributed by atoms with Crippen molar-refractivity contribution in [3.63, 3.8) is 0 Å². The summed E-state index contributed by atoms with van der Waals surface area (Å²) < 4.78 is 4.16. The lowest BCUT2D eigenvalue weighted by atomic mass is 10.2. The van der Waals surface area contributed by atoms with E-state index in [1.807, 2.05) is 72.8 Å². The van der Waals surface area contributed by atoms with Gasteiger partial charge >= 0.3 is 5.69 Å². The van der Waals surface area contributed by atoms with Crippen molar-refractivity contribution in [1.29, 1.82) is 0 Å². The molecule has 31 heavy (non-hydrogen) atoms. The smallest absolute Gasteiger partial charge is 0.299 e. The predicted molar refractivity (Wildman–Crippen MR) is 123 cm³/mol. The molecule has 4 aromatic rings. The van der Waals surface area contributed by atoms with Gasteiger partial charge in [-0.25, -0.2) is 10.2 Å². The molecular weight excluding hydrogens is 392 g/mol. The highest BCUT2D eigenvalue weighted by Gasteiger charge is 2.18. The molecule has 2 aromatic carbocycles. The van der Waals surface area contributed by atoms with Crippen LogP contribution in [0.2, 0.25) is 0 Å². The molecular formula is C23H22N6O2. The number of allylic oxidation sites excluding steroid dienone is 1. The first-order chi connectivity index (χ1) is 15.1. The number of rotatable bonds is 6. The minimum absolute atomic E-state index is 0.304. The molecule has 0 aliphatic rings. The van der Waals surface area contributed by atoms with E-state index >= 15 is 0 Å². The van der Waals surface area contributed by atoms with E-state index in [0.717, 1.165) is 15.7 Å². The first kappa shape index (κ1) is 20.1. The van der Waals surface area contributed by atoms with Crippen LogP contribution in [-0.4, -0.2) is 24.9 Å². The number of anilines is 1. The Morgan fingerprint density at radius 1 is 0.935 bits per heavy atom. The lowest BCUT2D eigenvalue weighted by molar-refractivity contribution is 0.703. The van der Waals surface area contributed by atoms with Gasteiger partial charge in [-0.05, 0) is 11.1 Å². The average molecular weight is 414 g/mol. The van der Waals surface area contributed by atoms with E-state index in [2.05, 4.69) is 15.5 Å². The normalized spacial score (nSPS) is 11.7. The van der Waals surface area contributed by atoms with Crippen LogP contribution in [0.3, 0.4) is 0 Å². The molecule has 0 aliphatic heterocycles. The number of nitrogens with one attached hydrogen (secondary N) is 1. The fraction of sp³-hybridized carbons (Fsp3) is 0.130. The minimum Gasteiger partial charge on any atom is -0.299 e. The number of hydrogen-bond donors (Lipinski definition) is 1. The molecule has 0 fully saturated rings. The van der Waals surface area contributed by atoms with Gasteiger partial charge in [0.25, 0.3) is 5.56 Å². The van der Waals surface area contributed by atoms with Crippen molar-refractivity contribution >= 4 is 29.4 Å². The summed E-state index contributed by atoms with van der Waals surface area (Å²) in [4.78, 5) is 29.7. The van der Waals surface area contributed by atoms with Gasteiger partial charge in [0.2, 0.25) is 5.95 Å². The zero-order valence-electron chi connectivity index (χ0n) is 17.3. The van der Waals surface area contributed by atoms with E-state index in [0.29, 0.717) is 23.7 Å². The third kappa shape index (κ3) is 4.09. The van der Waals surface area contributed by atoms with Gasteiger partial charge in [-0.1, -0.05) is 72.8 Å². The van der Waals surface area contributed by atoms with E-state index in [1.165, 1.54) is 11.6 Å². The van der Waals surface area contributed by atoms with Gasteiger partial charge in [0.15, 0.2) is 11.2 Å². The van der Waals surface area contributed by atoms with Crippen LogP contribution in [0, 0.1) is 0 Å². The fourth-order valence-corrected chi connectivity index (χ4v) is 3.27. The molecule has 0 saturated heterocycles. The largest absolute Gasteiger partial charge is 0.332 e.